The summed E-state index contributed by atoms with van der Waals surface area (Å²) in [6, 6.07) is 0. The van der Waals surface area contributed by atoms with Gasteiger partial charge in [-0.1, -0.05) is 19.9 Å². The highest BCUT2D eigenvalue weighted by atomic mass is 16.4. The second kappa shape index (κ2) is 3.28. The first-order valence-corrected chi connectivity index (χ1v) is 2.92. The van der Waals surface area contributed by atoms with E-state index in [2.05, 4.69) is 11.7 Å². The van der Waals surface area contributed by atoms with Gasteiger partial charge in [-0.05, 0) is 6.42 Å². The van der Waals surface area contributed by atoms with Gasteiger partial charge in [0.15, 0.2) is 0 Å². The lowest BCUT2D eigenvalue weighted by Gasteiger charge is -2.14. The minimum atomic E-state index is -0.0590. The quantitative estimate of drug-likeness (QED) is 0.267. The highest BCUT2D eigenvalue weighted by Gasteiger charge is 2.11. The minimum Gasteiger partial charge on any atom is -0.411 e. The Balaban J connectivity index is 3.84. The molecular weight excluding hydrogens is 114 g/mol. The zero-order chi connectivity index (χ0) is 7.33. The molecule has 52 valence electrons. The van der Waals surface area contributed by atoms with Crippen LogP contribution in [0.25, 0.3) is 0 Å². The fraction of sp³-hybridized carbons (Fsp3) is 0.571. The van der Waals surface area contributed by atoms with E-state index >= 15 is 0 Å². The van der Waals surface area contributed by atoms with Crippen molar-refractivity contribution < 1.29 is 5.21 Å². The average molecular weight is 127 g/mol. The van der Waals surface area contributed by atoms with Gasteiger partial charge in [0.05, 0.1) is 0 Å². The Morgan fingerprint density at radius 1 is 1.67 bits per heavy atom. The second-order valence-electron chi connectivity index (χ2n) is 2.73. The Hall–Kier alpha value is -0.790. The monoisotopic (exact) mass is 127 g/mol. The van der Waals surface area contributed by atoms with Gasteiger partial charge in [-0.3, -0.25) is 0 Å². The van der Waals surface area contributed by atoms with Gasteiger partial charge in [0.1, 0.15) is 0 Å². The molecule has 0 atom stereocenters. The summed E-state index contributed by atoms with van der Waals surface area (Å²) >= 11 is 0. The summed E-state index contributed by atoms with van der Waals surface area (Å²) in [6.07, 6.45) is 4.15. The van der Waals surface area contributed by atoms with E-state index in [0.29, 0.717) is 0 Å². The van der Waals surface area contributed by atoms with Crippen LogP contribution in [0.15, 0.2) is 17.8 Å². The molecule has 0 saturated heterocycles. The molecule has 2 heteroatoms. The lowest BCUT2D eigenvalue weighted by atomic mass is 9.91. The third kappa shape index (κ3) is 3.76. The van der Waals surface area contributed by atoms with Crippen molar-refractivity contribution in [1.82, 2.24) is 0 Å². The molecule has 0 heterocycles. The molecule has 0 aliphatic rings. The van der Waals surface area contributed by atoms with E-state index < -0.39 is 0 Å². The molecule has 0 aliphatic heterocycles. The number of hydrogen-bond donors (Lipinski definition) is 1. The van der Waals surface area contributed by atoms with Gasteiger partial charge < -0.3 is 5.21 Å². The van der Waals surface area contributed by atoms with Crippen molar-refractivity contribution in [3.05, 3.63) is 12.7 Å². The van der Waals surface area contributed by atoms with Crippen LogP contribution in [-0.4, -0.2) is 11.4 Å². The summed E-state index contributed by atoms with van der Waals surface area (Å²) in [6.45, 7) is 7.55. The molecule has 0 unspecified atom stereocenters. The number of nitrogens with zero attached hydrogens (tertiary/aromatic N) is 1. The maximum atomic E-state index is 8.16. The molecule has 2 nitrogen and oxygen atoms in total. The SMILES string of the molecule is C=CCC(C)(C)C=NO. The molecule has 0 rings (SSSR count). The zero-order valence-electron chi connectivity index (χ0n) is 5.96. The maximum Gasteiger partial charge on any atom is 0.0495 e. The molecule has 0 aromatic heterocycles. The predicted octanol–water partition coefficient (Wildman–Crippen LogP) is 2.05. The molecule has 0 spiro atoms. The molecule has 1 N–H and O–H groups in total. The third-order valence-corrected chi connectivity index (χ3v) is 1.08. The van der Waals surface area contributed by atoms with E-state index in [1.807, 2.05) is 19.9 Å². The second-order valence-corrected chi connectivity index (χ2v) is 2.73. The third-order valence-electron chi connectivity index (χ3n) is 1.08. The fourth-order valence-electron chi connectivity index (χ4n) is 0.581. The Labute approximate surface area is 55.9 Å². The van der Waals surface area contributed by atoms with Crippen LogP contribution in [0.2, 0.25) is 0 Å². The lowest BCUT2D eigenvalue weighted by Crippen LogP contribution is -2.10. The number of hydrogen-bond acceptors (Lipinski definition) is 2. The zero-order valence-corrected chi connectivity index (χ0v) is 5.96. The fourth-order valence-corrected chi connectivity index (χ4v) is 0.581. The van der Waals surface area contributed by atoms with Gasteiger partial charge in [-0.2, -0.15) is 0 Å². The largest absolute Gasteiger partial charge is 0.411 e. The van der Waals surface area contributed by atoms with Crippen molar-refractivity contribution in [2.24, 2.45) is 10.6 Å². The number of rotatable bonds is 3. The van der Waals surface area contributed by atoms with E-state index in [1.165, 1.54) is 6.21 Å². The van der Waals surface area contributed by atoms with Gasteiger partial charge >= 0.3 is 0 Å². The van der Waals surface area contributed by atoms with E-state index in [1.54, 1.807) is 0 Å². The summed E-state index contributed by atoms with van der Waals surface area (Å²) in [4.78, 5) is 0. The lowest BCUT2D eigenvalue weighted by molar-refractivity contribution is 0.313. The molecular formula is C7H13NO. The molecule has 0 aliphatic carbocycles. The Kier molecular flexibility index (Phi) is 2.99. The van der Waals surface area contributed by atoms with Crippen molar-refractivity contribution in [2.45, 2.75) is 20.3 Å². The van der Waals surface area contributed by atoms with Crippen molar-refractivity contribution in [1.29, 1.82) is 0 Å². The van der Waals surface area contributed by atoms with Gasteiger partial charge in [0.25, 0.3) is 0 Å². The molecule has 0 fully saturated rings. The summed E-state index contributed by atoms with van der Waals surface area (Å²) in [5.74, 6) is 0. The van der Waals surface area contributed by atoms with Crippen LogP contribution in [-0.2, 0) is 0 Å². The van der Waals surface area contributed by atoms with Crippen molar-refractivity contribution in [2.75, 3.05) is 0 Å². The first-order chi connectivity index (χ1) is 4.12. The number of oxime groups is 1. The number of allylic oxidation sites excluding steroid dienone is 1. The van der Waals surface area contributed by atoms with Crippen molar-refractivity contribution in [3.63, 3.8) is 0 Å². The molecule has 0 aromatic rings. The van der Waals surface area contributed by atoms with Crippen LogP contribution in [0, 0.1) is 5.41 Å². The maximum absolute atomic E-state index is 8.16. The average Bonchev–Trinajstić information content (AvgIpc) is 1.64. The predicted molar refractivity (Wildman–Crippen MR) is 38.9 cm³/mol. The van der Waals surface area contributed by atoms with E-state index in [0.717, 1.165) is 6.42 Å². The Morgan fingerprint density at radius 3 is 2.56 bits per heavy atom. The standard InChI is InChI=1S/C7H13NO/c1-4-5-7(2,3)6-8-9/h4,6,9H,1,5H2,2-3H3. The first kappa shape index (κ1) is 8.21. The van der Waals surface area contributed by atoms with Gasteiger partial charge in [0, 0.05) is 11.6 Å². The summed E-state index contributed by atoms with van der Waals surface area (Å²) in [7, 11) is 0. The molecule has 9 heavy (non-hydrogen) atoms. The van der Waals surface area contributed by atoms with E-state index in [-0.39, 0.29) is 5.41 Å². The summed E-state index contributed by atoms with van der Waals surface area (Å²) in [5, 5.41) is 11.1. The smallest absolute Gasteiger partial charge is 0.0495 e. The van der Waals surface area contributed by atoms with Crippen LogP contribution in [0.4, 0.5) is 0 Å². The van der Waals surface area contributed by atoms with Gasteiger partial charge in [-0.25, -0.2) is 0 Å². The molecule has 0 bridgehead atoms. The van der Waals surface area contributed by atoms with Crippen LogP contribution < -0.4 is 0 Å². The molecule has 0 aromatic carbocycles. The van der Waals surface area contributed by atoms with E-state index in [4.69, 9.17) is 5.21 Å². The van der Waals surface area contributed by atoms with Crippen molar-refractivity contribution >= 4 is 6.21 Å². The summed E-state index contributed by atoms with van der Waals surface area (Å²) < 4.78 is 0. The topological polar surface area (TPSA) is 32.6 Å². The van der Waals surface area contributed by atoms with Crippen LogP contribution in [0.3, 0.4) is 0 Å². The molecule has 0 amide bonds. The van der Waals surface area contributed by atoms with Crippen LogP contribution in [0.1, 0.15) is 20.3 Å². The van der Waals surface area contributed by atoms with Gasteiger partial charge in [0.2, 0.25) is 0 Å². The Bertz CT molecular complexity index is 116. The molecule has 0 saturated carbocycles. The first-order valence-electron chi connectivity index (χ1n) is 2.92. The van der Waals surface area contributed by atoms with Gasteiger partial charge in [-0.15, -0.1) is 11.7 Å². The van der Waals surface area contributed by atoms with E-state index in [9.17, 15) is 0 Å². The summed E-state index contributed by atoms with van der Waals surface area (Å²) in [5.41, 5.74) is -0.0590. The van der Waals surface area contributed by atoms with Crippen LogP contribution in [0.5, 0.6) is 0 Å². The van der Waals surface area contributed by atoms with Crippen molar-refractivity contribution in [3.8, 4) is 0 Å². The Morgan fingerprint density at radius 2 is 2.22 bits per heavy atom. The molecule has 0 radical (unpaired) electrons. The van der Waals surface area contributed by atoms with Crippen LogP contribution >= 0.6 is 0 Å². The minimum absolute atomic E-state index is 0.0590. The highest BCUT2D eigenvalue weighted by molar-refractivity contribution is 5.63. The normalized spacial score (nSPS) is 12.2. The highest BCUT2D eigenvalue weighted by Crippen LogP contribution is 2.16.